The number of nitrogens with one attached hydrogen (secondary N) is 2. The van der Waals surface area contributed by atoms with Crippen LogP contribution >= 0.6 is 0 Å². The summed E-state index contributed by atoms with van der Waals surface area (Å²) in [6.45, 7) is 6.65. The van der Waals surface area contributed by atoms with Crippen LogP contribution in [0.1, 0.15) is 26.3 Å². The van der Waals surface area contributed by atoms with Gasteiger partial charge in [0.2, 0.25) is 11.8 Å². The standard InChI is InChI=1S/C14H19N3O4/c1-9-5-6-10(7-11(9)17(20)21)16-12(18)8-15-13(19)14(2,3)4/h5-7H,8H2,1-4H3,(H,15,19)(H,16,18). The fourth-order valence-electron chi connectivity index (χ4n) is 1.51. The third-order valence-corrected chi connectivity index (χ3v) is 2.78. The fourth-order valence-corrected chi connectivity index (χ4v) is 1.51. The van der Waals surface area contributed by atoms with Crippen molar-refractivity contribution in [2.24, 2.45) is 5.41 Å². The third kappa shape index (κ3) is 4.87. The van der Waals surface area contributed by atoms with E-state index < -0.39 is 16.2 Å². The van der Waals surface area contributed by atoms with Crippen LogP contribution in [-0.4, -0.2) is 23.3 Å². The number of anilines is 1. The minimum Gasteiger partial charge on any atom is -0.347 e. The number of hydrogen-bond acceptors (Lipinski definition) is 4. The Morgan fingerprint density at radius 1 is 1.29 bits per heavy atom. The Balaban J connectivity index is 2.66. The van der Waals surface area contributed by atoms with E-state index in [1.54, 1.807) is 39.8 Å². The van der Waals surface area contributed by atoms with Crippen LogP contribution in [0.3, 0.4) is 0 Å². The summed E-state index contributed by atoms with van der Waals surface area (Å²) in [6, 6.07) is 4.42. The van der Waals surface area contributed by atoms with Crippen molar-refractivity contribution in [1.82, 2.24) is 5.32 Å². The van der Waals surface area contributed by atoms with E-state index in [1.807, 2.05) is 0 Å². The summed E-state index contributed by atoms with van der Waals surface area (Å²) in [7, 11) is 0. The van der Waals surface area contributed by atoms with Gasteiger partial charge in [0.1, 0.15) is 0 Å². The summed E-state index contributed by atoms with van der Waals surface area (Å²) in [5, 5.41) is 15.8. The SMILES string of the molecule is Cc1ccc(NC(=O)CNC(=O)C(C)(C)C)cc1[N+](=O)[O-]. The van der Waals surface area contributed by atoms with E-state index in [0.717, 1.165) is 0 Å². The molecule has 0 bridgehead atoms. The van der Waals surface area contributed by atoms with Gasteiger partial charge in [0, 0.05) is 22.7 Å². The second-order valence-corrected chi connectivity index (χ2v) is 5.74. The maximum absolute atomic E-state index is 11.7. The average Bonchev–Trinajstić information content (AvgIpc) is 2.36. The zero-order valence-electron chi connectivity index (χ0n) is 12.5. The maximum Gasteiger partial charge on any atom is 0.274 e. The van der Waals surface area contributed by atoms with E-state index in [4.69, 9.17) is 0 Å². The Labute approximate surface area is 122 Å². The molecule has 0 fully saturated rings. The molecule has 0 atom stereocenters. The molecule has 0 radical (unpaired) electrons. The molecule has 2 amide bonds. The maximum atomic E-state index is 11.7. The van der Waals surface area contributed by atoms with Gasteiger partial charge in [-0.15, -0.1) is 0 Å². The number of carbonyl (C=O) groups excluding carboxylic acids is 2. The molecule has 7 heteroatoms. The van der Waals surface area contributed by atoms with Crippen molar-refractivity contribution < 1.29 is 14.5 Å². The summed E-state index contributed by atoms with van der Waals surface area (Å²) < 4.78 is 0. The molecule has 0 aliphatic heterocycles. The van der Waals surface area contributed by atoms with E-state index in [9.17, 15) is 19.7 Å². The lowest BCUT2D eigenvalue weighted by Crippen LogP contribution is -2.39. The Hall–Kier alpha value is -2.44. The molecule has 7 nitrogen and oxygen atoms in total. The van der Waals surface area contributed by atoms with Crippen LogP contribution in [0, 0.1) is 22.5 Å². The second-order valence-electron chi connectivity index (χ2n) is 5.74. The van der Waals surface area contributed by atoms with Crippen LogP contribution in [0.4, 0.5) is 11.4 Å². The Kier molecular flexibility index (Phi) is 5.02. The van der Waals surface area contributed by atoms with Gasteiger partial charge >= 0.3 is 0 Å². The van der Waals surface area contributed by atoms with E-state index in [1.165, 1.54) is 6.07 Å². The Morgan fingerprint density at radius 3 is 2.43 bits per heavy atom. The van der Waals surface area contributed by atoms with Crippen molar-refractivity contribution in [3.63, 3.8) is 0 Å². The van der Waals surface area contributed by atoms with Crippen molar-refractivity contribution >= 4 is 23.2 Å². The molecule has 0 spiro atoms. The summed E-state index contributed by atoms with van der Waals surface area (Å²) in [4.78, 5) is 33.7. The summed E-state index contributed by atoms with van der Waals surface area (Å²) >= 11 is 0. The molecule has 2 N–H and O–H groups in total. The highest BCUT2D eigenvalue weighted by molar-refractivity contribution is 5.95. The van der Waals surface area contributed by atoms with Gasteiger partial charge < -0.3 is 10.6 Å². The van der Waals surface area contributed by atoms with Crippen molar-refractivity contribution in [2.75, 3.05) is 11.9 Å². The zero-order chi connectivity index (χ0) is 16.2. The van der Waals surface area contributed by atoms with Gasteiger partial charge in [-0.2, -0.15) is 0 Å². The second kappa shape index (κ2) is 6.34. The van der Waals surface area contributed by atoms with E-state index in [-0.39, 0.29) is 18.1 Å². The van der Waals surface area contributed by atoms with E-state index in [2.05, 4.69) is 10.6 Å². The number of nitro benzene ring substituents is 1. The zero-order valence-corrected chi connectivity index (χ0v) is 12.5. The minimum atomic E-state index is -0.580. The van der Waals surface area contributed by atoms with Gasteiger partial charge in [-0.05, 0) is 13.0 Å². The monoisotopic (exact) mass is 293 g/mol. The Morgan fingerprint density at radius 2 is 1.90 bits per heavy atom. The number of rotatable bonds is 4. The predicted octanol–water partition coefficient (Wildman–Crippen LogP) is 2.00. The molecule has 1 rings (SSSR count). The molecule has 0 saturated carbocycles. The number of carbonyl (C=O) groups is 2. The van der Waals surface area contributed by atoms with Gasteiger partial charge in [0.25, 0.3) is 5.69 Å². The first-order chi connectivity index (χ1) is 9.61. The molecule has 0 aromatic heterocycles. The number of nitrogens with zero attached hydrogens (tertiary/aromatic N) is 1. The van der Waals surface area contributed by atoms with Crippen LogP contribution in [0.2, 0.25) is 0 Å². The van der Waals surface area contributed by atoms with Gasteiger partial charge in [0.15, 0.2) is 0 Å². The van der Waals surface area contributed by atoms with Crippen LogP contribution in [0.15, 0.2) is 18.2 Å². The first-order valence-corrected chi connectivity index (χ1v) is 6.44. The number of hydrogen-bond donors (Lipinski definition) is 2. The first kappa shape index (κ1) is 16.6. The van der Waals surface area contributed by atoms with Crippen LogP contribution in [-0.2, 0) is 9.59 Å². The van der Waals surface area contributed by atoms with Crippen molar-refractivity contribution in [3.8, 4) is 0 Å². The van der Waals surface area contributed by atoms with Crippen molar-refractivity contribution in [3.05, 3.63) is 33.9 Å². The molecule has 0 saturated heterocycles. The first-order valence-electron chi connectivity index (χ1n) is 6.44. The fraction of sp³-hybridized carbons (Fsp3) is 0.429. The summed E-state index contributed by atoms with van der Waals surface area (Å²) in [5.41, 5.74) is 0.191. The largest absolute Gasteiger partial charge is 0.347 e. The number of nitro groups is 1. The number of amides is 2. The lowest BCUT2D eigenvalue weighted by Gasteiger charge is -2.17. The molecule has 0 unspecified atom stereocenters. The molecule has 1 aromatic carbocycles. The highest BCUT2D eigenvalue weighted by Gasteiger charge is 2.21. The number of aryl methyl sites for hydroxylation is 1. The average molecular weight is 293 g/mol. The van der Waals surface area contributed by atoms with E-state index in [0.29, 0.717) is 11.3 Å². The lowest BCUT2D eigenvalue weighted by molar-refractivity contribution is -0.385. The quantitative estimate of drug-likeness (QED) is 0.654. The van der Waals surface area contributed by atoms with Crippen molar-refractivity contribution in [2.45, 2.75) is 27.7 Å². The third-order valence-electron chi connectivity index (χ3n) is 2.78. The predicted molar refractivity (Wildman–Crippen MR) is 78.9 cm³/mol. The minimum absolute atomic E-state index is 0.0634. The van der Waals surface area contributed by atoms with Gasteiger partial charge in [-0.25, -0.2) is 0 Å². The van der Waals surface area contributed by atoms with Crippen LogP contribution in [0.5, 0.6) is 0 Å². The molecular formula is C14H19N3O4. The summed E-state index contributed by atoms with van der Waals surface area (Å²) in [5.74, 6) is -0.682. The van der Waals surface area contributed by atoms with Crippen molar-refractivity contribution in [1.29, 1.82) is 0 Å². The smallest absolute Gasteiger partial charge is 0.274 e. The highest BCUT2D eigenvalue weighted by Crippen LogP contribution is 2.22. The van der Waals surface area contributed by atoms with E-state index >= 15 is 0 Å². The topological polar surface area (TPSA) is 101 Å². The Bertz CT molecular complexity index is 576. The lowest BCUT2D eigenvalue weighted by atomic mass is 9.96. The van der Waals surface area contributed by atoms with Gasteiger partial charge in [0.05, 0.1) is 11.5 Å². The van der Waals surface area contributed by atoms with Gasteiger partial charge in [-0.1, -0.05) is 26.8 Å². The van der Waals surface area contributed by atoms with Crippen LogP contribution in [0.25, 0.3) is 0 Å². The normalized spacial score (nSPS) is 10.9. The number of benzene rings is 1. The van der Waals surface area contributed by atoms with Gasteiger partial charge in [-0.3, -0.25) is 19.7 Å². The summed E-state index contributed by atoms with van der Waals surface area (Å²) in [6.07, 6.45) is 0. The highest BCUT2D eigenvalue weighted by atomic mass is 16.6. The molecule has 0 aliphatic rings. The molecule has 0 aliphatic carbocycles. The molecule has 114 valence electrons. The molecule has 0 heterocycles. The molecule has 1 aromatic rings. The van der Waals surface area contributed by atoms with Crippen LogP contribution < -0.4 is 10.6 Å². The molecule has 21 heavy (non-hydrogen) atoms. The molecular weight excluding hydrogens is 274 g/mol.